The zero-order valence-electron chi connectivity index (χ0n) is 30.1. The van der Waals surface area contributed by atoms with Crippen LogP contribution in [0, 0.1) is 5.92 Å². The largest absolute Gasteiger partial charge is 0.370 e. The Morgan fingerprint density at radius 3 is 2.31 bits per heavy atom. The summed E-state index contributed by atoms with van der Waals surface area (Å²) in [6, 6.07) is 13.1. The van der Waals surface area contributed by atoms with Crippen LogP contribution in [0.1, 0.15) is 75.1 Å². The van der Waals surface area contributed by atoms with Gasteiger partial charge in [0.15, 0.2) is 5.96 Å². The quantitative estimate of drug-likeness (QED) is 0.0670. The first-order chi connectivity index (χ1) is 25.1. The molecule has 0 radical (unpaired) electrons. The maximum Gasteiger partial charge on any atom is 0.257 e. The summed E-state index contributed by atoms with van der Waals surface area (Å²) in [6.45, 7) is 4.47. The summed E-state index contributed by atoms with van der Waals surface area (Å²) in [5, 5.41) is 11.4. The molecule has 2 atom stereocenters. The summed E-state index contributed by atoms with van der Waals surface area (Å²) in [5.41, 5.74) is 18.8. The van der Waals surface area contributed by atoms with Gasteiger partial charge in [-0.15, -0.1) is 0 Å². The van der Waals surface area contributed by atoms with Crippen LogP contribution < -0.4 is 43.4 Å². The molecule has 5 amide bonds. The summed E-state index contributed by atoms with van der Waals surface area (Å²) in [6.07, 6.45) is 6.38. The molecule has 0 spiro atoms. The van der Waals surface area contributed by atoms with E-state index >= 15 is 0 Å². The molecule has 2 aromatic rings. The van der Waals surface area contributed by atoms with Crippen molar-refractivity contribution >= 4 is 52.6 Å². The van der Waals surface area contributed by atoms with Gasteiger partial charge in [-0.2, -0.15) is 0 Å². The van der Waals surface area contributed by atoms with Crippen LogP contribution in [0.5, 0.6) is 0 Å². The van der Waals surface area contributed by atoms with Gasteiger partial charge in [0.25, 0.3) is 5.91 Å². The van der Waals surface area contributed by atoms with Gasteiger partial charge < -0.3 is 33.2 Å². The first-order valence-corrected chi connectivity index (χ1v) is 18.2. The first kappa shape index (κ1) is 39.9. The fourth-order valence-electron chi connectivity index (χ4n) is 6.71. The van der Waals surface area contributed by atoms with E-state index in [1.54, 1.807) is 29.2 Å². The molecule has 2 aromatic carbocycles. The molecule has 282 valence electrons. The second-order valence-electron chi connectivity index (χ2n) is 13.4. The summed E-state index contributed by atoms with van der Waals surface area (Å²) in [7, 11) is 0. The fourth-order valence-corrected chi connectivity index (χ4v) is 6.71. The highest BCUT2D eigenvalue weighted by Crippen LogP contribution is 2.38. The molecule has 2 heterocycles. The van der Waals surface area contributed by atoms with Crippen LogP contribution in [0.15, 0.2) is 53.5 Å². The molecular formula is C37H54N10O5. The molecule has 0 unspecified atom stereocenters. The van der Waals surface area contributed by atoms with Crippen molar-refractivity contribution in [2.75, 3.05) is 49.5 Å². The number of para-hydroxylation sites is 3. The van der Waals surface area contributed by atoms with Crippen molar-refractivity contribution in [3.8, 4) is 0 Å². The molecule has 4 rings (SSSR count). The highest BCUT2D eigenvalue weighted by atomic mass is 16.2. The Hall–Kier alpha value is -4.86. The molecule has 1 fully saturated rings. The van der Waals surface area contributed by atoms with Gasteiger partial charge in [-0.25, -0.2) is 0 Å². The Bertz CT molecular complexity index is 1570. The second-order valence-corrected chi connectivity index (χ2v) is 13.4. The summed E-state index contributed by atoms with van der Waals surface area (Å²) in [4.78, 5) is 72.3. The number of rotatable bonds is 18. The Kier molecular flexibility index (Phi) is 15.5. The lowest BCUT2D eigenvalue weighted by Crippen LogP contribution is -2.53. The van der Waals surface area contributed by atoms with Gasteiger partial charge in [-0.05, 0) is 114 Å². The molecule has 0 aliphatic carbocycles. The van der Waals surface area contributed by atoms with E-state index in [2.05, 4.69) is 31.2 Å². The van der Waals surface area contributed by atoms with Crippen LogP contribution >= 0.6 is 0 Å². The number of piperidine rings is 1. The van der Waals surface area contributed by atoms with E-state index in [1.165, 1.54) is 6.92 Å². The van der Waals surface area contributed by atoms with Gasteiger partial charge in [0.05, 0.1) is 35.2 Å². The number of nitrogens with two attached hydrogens (primary N) is 3. The van der Waals surface area contributed by atoms with Crippen molar-refractivity contribution in [2.45, 2.75) is 76.8 Å². The number of anilines is 3. The van der Waals surface area contributed by atoms with Crippen LogP contribution in [0.2, 0.25) is 0 Å². The van der Waals surface area contributed by atoms with E-state index < -0.39 is 23.9 Å². The summed E-state index contributed by atoms with van der Waals surface area (Å²) in [5.74, 6) is -1.23. The molecule has 52 heavy (non-hydrogen) atoms. The number of nitrogens with one attached hydrogen (secondary N) is 4. The average Bonchev–Trinajstić information content (AvgIpc) is 3.24. The minimum Gasteiger partial charge on any atom is -0.370 e. The third-order valence-electron chi connectivity index (χ3n) is 9.42. The molecule has 0 saturated carbocycles. The number of nitrogens with zero attached hydrogens (tertiary/aromatic N) is 3. The van der Waals surface area contributed by atoms with Crippen molar-refractivity contribution in [3.63, 3.8) is 0 Å². The maximum atomic E-state index is 13.8. The molecule has 2 aliphatic rings. The second kappa shape index (κ2) is 20.2. The zero-order valence-corrected chi connectivity index (χ0v) is 30.1. The average molecular weight is 719 g/mol. The highest BCUT2D eigenvalue weighted by molar-refractivity contribution is 6.18. The number of aliphatic imine (C=N–C) groups is 1. The van der Waals surface area contributed by atoms with Crippen LogP contribution in [0.4, 0.5) is 17.1 Å². The van der Waals surface area contributed by atoms with E-state index in [0.29, 0.717) is 80.3 Å². The number of hydrogen-bond acceptors (Lipinski definition) is 9. The Labute approximate surface area is 305 Å². The fraction of sp³-hybridized carbons (Fsp3) is 0.514. The van der Waals surface area contributed by atoms with Crippen LogP contribution in [0.25, 0.3) is 0 Å². The molecule has 1 saturated heterocycles. The molecular weight excluding hydrogens is 664 g/mol. The van der Waals surface area contributed by atoms with Crippen molar-refractivity contribution < 1.29 is 24.0 Å². The lowest BCUT2D eigenvalue weighted by Gasteiger charge is -2.33. The molecule has 2 aliphatic heterocycles. The standard InChI is InChI=1S/C37H54N10O5/c1-25(48)43-36(52)30(13-6-7-19-38)45-35(51)29(14-9-21-42-37(39)40)41-20-8-10-26-17-22-46(23-18-26)24-33(49)47-31-15-4-2-11-27(31)34(50)44-28-12-3-5-16-32(28)47/h2-5,11-12,15-16,26,29-30,41H,6-10,13-14,17-24,38H2,1H3,(H,44,50)(H,45,51)(H4,39,40,42)(H,43,48,52)/t29-,30-/m0/s1. The summed E-state index contributed by atoms with van der Waals surface area (Å²) < 4.78 is 0. The van der Waals surface area contributed by atoms with Crippen molar-refractivity contribution in [3.05, 3.63) is 54.1 Å². The van der Waals surface area contributed by atoms with Crippen molar-refractivity contribution in [1.29, 1.82) is 0 Å². The van der Waals surface area contributed by atoms with E-state index in [4.69, 9.17) is 17.2 Å². The first-order valence-electron chi connectivity index (χ1n) is 18.2. The van der Waals surface area contributed by atoms with Gasteiger partial charge >= 0.3 is 0 Å². The zero-order chi connectivity index (χ0) is 37.5. The van der Waals surface area contributed by atoms with Gasteiger partial charge in [-0.3, -0.25) is 44.1 Å². The topological polar surface area (TPSA) is 230 Å². The third kappa shape index (κ3) is 11.9. The van der Waals surface area contributed by atoms with Gasteiger partial charge in [0.2, 0.25) is 23.6 Å². The van der Waals surface area contributed by atoms with Gasteiger partial charge in [0, 0.05) is 13.5 Å². The van der Waals surface area contributed by atoms with E-state index in [-0.39, 0.29) is 30.2 Å². The predicted molar refractivity (Wildman–Crippen MR) is 202 cm³/mol. The van der Waals surface area contributed by atoms with E-state index in [9.17, 15) is 24.0 Å². The molecule has 10 N–H and O–H groups in total. The van der Waals surface area contributed by atoms with Crippen molar-refractivity contribution in [2.24, 2.45) is 28.1 Å². The monoisotopic (exact) mass is 718 g/mol. The minimum absolute atomic E-state index is 0.0170. The summed E-state index contributed by atoms with van der Waals surface area (Å²) >= 11 is 0. The van der Waals surface area contributed by atoms with Crippen LogP contribution in [-0.2, 0) is 19.2 Å². The number of benzene rings is 2. The number of carbonyl (C=O) groups is 5. The minimum atomic E-state index is -0.856. The Morgan fingerprint density at radius 1 is 0.904 bits per heavy atom. The number of carbonyl (C=O) groups excluding carboxylic acids is 5. The number of imide groups is 1. The third-order valence-corrected chi connectivity index (χ3v) is 9.42. The van der Waals surface area contributed by atoms with Gasteiger partial charge in [-0.1, -0.05) is 24.3 Å². The van der Waals surface area contributed by atoms with E-state index in [1.807, 2.05) is 24.3 Å². The number of amides is 5. The lowest BCUT2D eigenvalue weighted by atomic mass is 9.92. The van der Waals surface area contributed by atoms with Crippen LogP contribution in [-0.4, -0.2) is 91.7 Å². The number of guanidine groups is 1. The SMILES string of the molecule is CC(=O)NC(=O)[C@H](CCCCN)NC(=O)[C@H](CCCN=C(N)N)NCCCC1CCN(CC(=O)N2c3ccccc3NC(=O)c3ccccc32)CC1. The smallest absolute Gasteiger partial charge is 0.257 e. The number of likely N-dealkylation sites (tertiary alicyclic amines) is 1. The molecule has 15 heteroatoms. The highest BCUT2D eigenvalue weighted by Gasteiger charge is 2.31. The maximum absolute atomic E-state index is 13.8. The number of hydrogen-bond donors (Lipinski definition) is 7. The normalized spacial score (nSPS) is 15.7. The number of unbranched alkanes of at least 4 members (excludes halogenated alkanes) is 1. The van der Waals surface area contributed by atoms with E-state index in [0.717, 1.165) is 38.8 Å². The molecule has 15 nitrogen and oxygen atoms in total. The lowest BCUT2D eigenvalue weighted by molar-refractivity contribution is -0.134. The van der Waals surface area contributed by atoms with Crippen LogP contribution in [0.3, 0.4) is 0 Å². The number of fused-ring (bicyclic) bond motifs is 2. The van der Waals surface area contributed by atoms with Gasteiger partial charge in [0.1, 0.15) is 6.04 Å². The Balaban J connectivity index is 1.28. The molecule has 0 bridgehead atoms. The molecule has 0 aromatic heterocycles. The Morgan fingerprint density at radius 2 is 1.60 bits per heavy atom. The predicted octanol–water partition coefficient (Wildman–Crippen LogP) is 1.70. The van der Waals surface area contributed by atoms with Crippen molar-refractivity contribution in [1.82, 2.24) is 20.9 Å².